The third-order valence-electron chi connectivity index (χ3n) is 13.6. The standard InChI is InChI=1S/C55H94N8O15/c1-14-35(4)49(62(11)45(67)31-59-53(71)48(57-10)34(2)3)41(73-12)30-44(66)63-27-19-23-40(63)50(74-13)36(5)51(69)61-39(29-38-21-16-15-17-22-38)52(70)58-26-20-28-75-54(72)37(6)60-43(65)24-18-25-46(68)76-33-47(77-42(56)32-64)78-55(7,8)9/h15-17,21-22,34-37,39-42,47-50,57,64H,14,18-20,23-33,56H2,1-13H3,(H,58,70)(H,59,71)(H,60,65)(H,61,69)/t35-,36+,37-,39-,40-,41+,42?,47?,48?,49?,50+/m0/s1. The van der Waals surface area contributed by atoms with Crippen molar-refractivity contribution in [3.05, 3.63) is 35.9 Å². The number of rotatable bonds is 36. The van der Waals surface area contributed by atoms with Gasteiger partial charge in [0, 0.05) is 53.6 Å². The number of hydrogen-bond acceptors (Lipinski definition) is 17. The first-order chi connectivity index (χ1) is 36.8. The number of carbonyl (C=O) groups is 8. The monoisotopic (exact) mass is 1110 g/mol. The van der Waals surface area contributed by atoms with E-state index < -0.39 is 103 Å². The summed E-state index contributed by atoms with van der Waals surface area (Å²) >= 11 is 0. The Bertz CT molecular complexity index is 2030. The van der Waals surface area contributed by atoms with Crippen molar-refractivity contribution < 1.29 is 71.9 Å². The molecular formula is C55H94N8O15. The third kappa shape index (κ3) is 24.0. The van der Waals surface area contributed by atoms with Crippen molar-refractivity contribution in [2.75, 3.05) is 67.8 Å². The first-order valence-corrected chi connectivity index (χ1v) is 27.3. The molecule has 0 spiro atoms. The number of nitrogens with one attached hydrogen (secondary N) is 5. The molecule has 23 heteroatoms. The summed E-state index contributed by atoms with van der Waals surface area (Å²) in [6.07, 6.45) is -1.26. The van der Waals surface area contributed by atoms with E-state index in [0.29, 0.717) is 25.8 Å². The van der Waals surface area contributed by atoms with Crippen molar-refractivity contribution in [1.29, 1.82) is 0 Å². The van der Waals surface area contributed by atoms with E-state index in [1.54, 1.807) is 51.6 Å². The second kappa shape index (κ2) is 35.3. The molecule has 4 unspecified atom stereocenters. The Kier molecular flexibility index (Phi) is 31.2. The van der Waals surface area contributed by atoms with Crippen LogP contribution in [0, 0.1) is 17.8 Å². The molecule has 0 aromatic heterocycles. The number of carbonyl (C=O) groups excluding carboxylic acids is 8. The van der Waals surface area contributed by atoms with E-state index in [9.17, 15) is 43.5 Å². The smallest absolute Gasteiger partial charge is 0.328 e. The number of nitrogens with zero attached hydrogens (tertiary/aromatic N) is 2. The Morgan fingerprint density at radius 1 is 0.885 bits per heavy atom. The van der Waals surface area contributed by atoms with Crippen molar-refractivity contribution >= 4 is 47.4 Å². The largest absolute Gasteiger partial charge is 0.464 e. The maximum Gasteiger partial charge on any atom is 0.328 e. The van der Waals surface area contributed by atoms with Crippen molar-refractivity contribution in [3.63, 3.8) is 0 Å². The number of amides is 6. The van der Waals surface area contributed by atoms with Gasteiger partial charge in [0.05, 0.1) is 68.0 Å². The molecule has 1 aromatic carbocycles. The van der Waals surface area contributed by atoms with Crippen LogP contribution < -0.4 is 32.3 Å². The van der Waals surface area contributed by atoms with E-state index in [2.05, 4.69) is 26.6 Å². The number of benzene rings is 1. The molecule has 444 valence electrons. The predicted molar refractivity (Wildman–Crippen MR) is 291 cm³/mol. The lowest BCUT2D eigenvalue weighted by Gasteiger charge is -2.39. The van der Waals surface area contributed by atoms with Crippen LogP contribution in [0.15, 0.2) is 30.3 Å². The molecule has 1 aliphatic heterocycles. The van der Waals surface area contributed by atoms with Gasteiger partial charge in [0.1, 0.15) is 24.9 Å². The van der Waals surface area contributed by atoms with Crippen molar-refractivity contribution in [3.8, 4) is 0 Å². The van der Waals surface area contributed by atoms with Crippen LogP contribution in [-0.4, -0.2) is 191 Å². The van der Waals surface area contributed by atoms with Gasteiger partial charge in [-0.2, -0.15) is 0 Å². The normalized spacial score (nSPS) is 17.5. The quantitative estimate of drug-likeness (QED) is 0.0286. The van der Waals surface area contributed by atoms with E-state index in [0.717, 1.165) is 5.56 Å². The molecule has 1 heterocycles. The average Bonchev–Trinajstić information content (AvgIpc) is 3.88. The number of hydrogen-bond donors (Lipinski definition) is 7. The zero-order valence-electron chi connectivity index (χ0n) is 48.6. The number of likely N-dealkylation sites (N-methyl/N-ethyl adjacent to an activating group) is 2. The molecule has 1 aromatic rings. The Balaban J connectivity index is 2.00. The Hall–Kier alpha value is -5.30. The summed E-state index contributed by atoms with van der Waals surface area (Å²) in [6.45, 7) is 15.8. The second-order valence-corrected chi connectivity index (χ2v) is 21.3. The summed E-state index contributed by atoms with van der Waals surface area (Å²) in [4.78, 5) is 109. The van der Waals surface area contributed by atoms with Crippen LogP contribution in [0.2, 0.25) is 0 Å². The lowest BCUT2D eigenvalue weighted by molar-refractivity contribution is -0.237. The minimum Gasteiger partial charge on any atom is -0.464 e. The summed E-state index contributed by atoms with van der Waals surface area (Å²) in [5, 5.41) is 23.2. The number of ether oxygens (including phenoxy) is 6. The van der Waals surface area contributed by atoms with Crippen LogP contribution in [0.1, 0.15) is 119 Å². The lowest BCUT2D eigenvalue weighted by Crippen LogP contribution is -2.55. The van der Waals surface area contributed by atoms with Crippen LogP contribution in [0.5, 0.6) is 0 Å². The highest BCUT2D eigenvalue weighted by atomic mass is 16.7. The summed E-state index contributed by atoms with van der Waals surface area (Å²) in [7, 11) is 6.35. The molecule has 1 saturated heterocycles. The van der Waals surface area contributed by atoms with Gasteiger partial charge in [-0.15, -0.1) is 0 Å². The lowest BCUT2D eigenvalue weighted by atomic mass is 9.90. The molecule has 1 fully saturated rings. The fourth-order valence-corrected chi connectivity index (χ4v) is 9.29. The van der Waals surface area contributed by atoms with Gasteiger partial charge in [-0.1, -0.05) is 71.4 Å². The van der Waals surface area contributed by atoms with Crippen LogP contribution in [0.25, 0.3) is 0 Å². The SMILES string of the molecule is CC[C@H](C)C([C@@H](CC(=O)N1CCC[C@H]1[C@H](OC)[C@@H](C)C(=O)N[C@@H](Cc1ccccc1)C(=O)NCCCOC(=O)[C@H](C)NC(=O)CCCC(=O)OCC(OC(N)CO)OC(C)(C)C)OC)N(C)C(=O)CNC(=O)C(NC)C(C)C. The number of aliphatic hydroxyl groups excluding tert-OH is 1. The third-order valence-corrected chi connectivity index (χ3v) is 13.6. The van der Waals surface area contributed by atoms with Gasteiger partial charge in [-0.25, -0.2) is 4.79 Å². The molecule has 11 atom stereocenters. The Labute approximate surface area is 462 Å². The number of aliphatic hydroxyl groups is 1. The molecule has 2 rings (SSSR count). The van der Waals surface area contributed by atoms with Gasteiger partial charge in [0.15, 0.2) is 6.29 Å². The first kappa shape index (κ1) is 68.8. The van der Waals surface area contributed by atoms with Gasteiger partial charge in [-0.3, -0.25) is 33.6 Å². The van der Waals surface area contributed by atoms with Crippen LogP contribution in [0.3, 0.4) is 0 Å². The van der Waals surface area contributed by atoms with E-state index in [-0.39, 0.29) is 94.4 Å². The number of esters is 2. The molecule has 6 amide bonds. The summed E-state index contributed by atoms with van der Waals surface area (Å²) < 4.78 is 33.6. The maximum absolute atomic E-state index is 14.3. The van der Waals surface area contributed by atoms with Gasteiger partial charge >= 0.3 is 11.9 Å². The van der Waals surface area contributed by atoms with Gasteiger partial charge in [-0.05, 0) is 77.8 Å². The highest BCUT2D eigenvalue weighted by molar-refractivity contribution is 5.89. The highest BCUT2D eigenvalue weighted by Gasteiger charge is 2.42. The second-order valence-electron chi connectivity index (χ2n) is 21.3. The van der Waals surface area contributed by atoms with E-state index in [4.69, 9.17) is 34.2 Å². The van der Waals surface area contributed by atoms with E-state index in [1.807, 2.05) is 58.0 Å². The highest BCUT2D eigenvalue weighted by Crippen LogP contribution is 2.29. The summed E-state index contributed by atoms with van der Waals surface area (Å²) in [5.74, 6) is -4.41. The minimum absolute atomic E-state index is 0.00944. The van der Waals surface area contributed by atoms with Crippen LogP contribution in [0.4, 0.5) is 0 Å². The number of likely N-dealkylation sites (tertiary alicyclic amines) is 1. The number of methoxy groups -OCH3 is 2. The molecule has 1 aliphatic rings. The Morgan fingerprint density at radius 2 is 1.56 bits per heavy atom. The van der Waals surface area contributed by atoms with Crippen molar-refractivity contribution in [1.82, 2.24) is 36.4 Å². The fourth-order valence-electron chi connectivity index (χ4n) is 9.29. The molecule has 8 N–H and O–H groups in total. The zero-order valence-corrected chi connectivity index (χ0v) is 48.6. The molecule has 0 radical (unpaired) electrons. The number of nitrogens with two attached hydrogens (primary N) is 1. The topological polar surface area (TPSA) is 305 Å². The van der Waals surface area contributed by atoms with Crippen LogP contribution in [-0.2, 0) is 73.2 Å². The first-order valence-electron chi connectivity index (χ1n) is 27.3. The molecule has 0 saturated carbocycles. The molecule has 23 nitrogen and oxygen atoms in total. The predicted octanol–water partition coefficient (Wildman–Crippen LogP) is 1.70. The van der Waals surface area contributed by atoms with Gasteiger partial charge < -0.3 is 75.6 Å². The summed E-state index contributed by atoms with van der Waals surface area (Å²) in [6, 6.07) is 5.74. The van der Waals surface area contributed by atoms with E-state index >= 15 is 0 Å². The Morgan fingerprint density at radius 3 is 2.15 bits per heavy atom. The van der Waals surface area contributed by atoms with Crippen molar-refractivity contribution in [2.45, 2.75) is 181 Å². The maximum atomic E-state index is 14.3. The summed E-state index contributed by atoms with van der Waals surface area (Å²) in [5.41, 5.74) is 5.78. The van der Waals surface area contributed by atoms with Gasteiger partial charge in [0.2, 0.25) is 35.4 Å². The molecule has 78 heavy (non-hydrogen) atoms. The minimum atomic E-state index is -1.03. The van der Waals surface area contributed by atoms with Gasteiger partial charge in [0.25, 0.3) is 0 Å². The average molecular weight is 1110 g/mol. The van der Waals surface area contributed by atoms with E-state index in [1.165, 1.54) is 21.1 Å². The molecule has 0 bridgehead atoms. The molecule has 0 aliphatic carbocycles. The van der Waals surface area contributed by atoms with Crippen molar-refractivity contribution in [2.24, 2.45) is 23.5 Å². The fraction of sp³-hybridized carbons (Fsp3) is 0.745. The molecular weight excluding hydrogens is 1010 g/mol. The van der Waals surface area contributed by atoms with Crippen LogP contribution >= 0.6 is 0 Å². The zero-order chi connectivity index (χ0) is 58.7.